The average Bonchev–Trinajstić information content (AvgIpc) is 2.86. The number of halogens is 1. The van der Waals surface area contributed by atoms with Crippen molar-refractivity contribution in [1.29, 1.82) is 0 Å². The molecule has 1 fully saturated rings. The molecule has 3 amide bonds. The summed E-state index contributed by atoms with van der Waals surface area (Å²) in [5, 5.41) is 3.24. The molecule has 2 aromatic rings. The summed E-state index contributed by atoms with van der Waals surface area (Å²) in [7, 11) is -0.730. The van der Waals surface area contributed by atoms with Crippen LogP contribution < -0.4 is 5.32 Å². The van der Waals surface area contributed by atoms with Gasteiger partial charge in [-0.05, 0) is 42.3 Å². The van der Waals surface area contributed by atoms with Crippen LogP contribution in [-0.4, -0.2) is 43.7 Å². The Morgan fingerprint density at radius 1 is 1.11 bits per heavy atom. The lowest BCUT2D eigenvalue weighted by atomic mass is 9.92. The van der Waals surface area contributed by atoms with Crippen LogP contribution in [0, 0.1) is 0 Å². The number of rotatable bonds is 5. The summed E-state index contributed by atoms with van der Waals surface area (Å²) in [6, 6.07) is 12.3. The molecule has 28 heavy (non-hydrogen) atoms. The van der Waals surface area contributed by atoms with Gasteiger partial charge in [-0.3, -0.25) is 9.69 Å². The first-order valence-corrected chi connectivity index (χ1v) is 10.3. The van der Waals surface area contributed by atoms with Crippen LogP contribution in [0.25, 0.3) is 0 Å². The van der Waals surface area contributed by atoms with Gasteiger partial charge < -0.3 is 5.32 Å². The molecule has 0 bridgehead atoms. The van der Waals surface area contributed by atoms with Crippen molar-refractivity contribution in [2.75, 3.05) is 14.1 Å². The predicted octanol–water partition coefficient (Wildman–Crippen LogP) is 2.56. The van der Waals surface area contributed by atoms with Gasteiger partial charge in [-0.2, -0.15) is 0 Å². The van der Waals surface area contributed by atoms with Crippen LogP contribution in [0.4, 0.5) is 4.79 Å². The van der Waals surface area contributed by atoms with Crippen molar-refractivity contribution in [3.8, 4) is 0 Å². The molecule has 0 saturated carbocycles. The Morgan fingerprint density at radius 2 is 1.75 bits per heavy atom. The van der Waals surface area contributed by atoms with E-state index in [9.17, 15) is 18.0 Å². The van der Waals surface area contributed by atoms with Crippen molar-refractivity contribution in [3.05, 3.63) is 64.7 Å². The average molecular weight is 422 g/mol. The highest BCUT2D eigenvalue weighted by Gasteiger charge is 2.48. The number of carbonyl (C=O) groups excluding carboxylic acids is 2. The summed E-state index contributed by atoms with van der Waals surface area (Å²) in [6.45, 7) is 1.59. The minimum Gasteiger partial charge on any atom is -0.319 e. The summed E-state index contributed by atoms with van der Waals surface area (Å²) < 4.78 is 25.8. The zero-order chi connectivity index (χ0) is 20.7. The van der Waals surface area contributed by atoms with Gasteiger partial charge in [0.05, 0.1) is 11.4 Å². The van der Waals surface area contributed by atoms with E-state index in [1.807, 2.05) is 0 Å². The lowest BCUT2D eigenvalue weighted by Crippen LogP contribution is -2.40. The highest BCUT2D eigenvalue weighted by Crippen LogP contribution is 2.30. The van der Waals surface area contributed by atoms with Crippen molar-refractivity contribution in [2.24, 2.45) is 0 Å². The molecule has 1 aliphatic rings. The van der Waals surface area contributed by atoms with E-state index in [2.05, 4.69) is 5.32 Å². The smallest absolute Gasteiger partial charge is 0.319 e. The molecule has 9 heteroatoms. The largest absolute Gasteiger partial charge is 0.325 e. The van der Waals surface area contributed by atoms with Gasteiger partial charge in [0.2, 0.25) is 10.0 Å². The van der Waals surface area contributed by atoms with E-state index in [0.717, 1.165) is 9.21 Å². The predicted molar refractivity (Wildman–Crippen MR) is 105 cm³/mol. The second kappa shape index (κ2) is 7.20. The molecule has 148 valence electrons. The molecular formula is C19H20ClN3O4S. The Morgan fingerprint density at radius 3 is 2.36 bits per heavy atom. The molecule has 0 spiro atoms. The van der Waals surface area contributed by atoms with Crippen molar-refractivity contribution in [3.63, 3.8) is 0 Å². The molecule has 0 radical (unpaired) electrons. The summed E-state index contributed by atoms with van der Waals surface area (Å²) in [4.78, 5) is 26.7. The number of hydrogen-bond acceptors (Lipinski definition) is 4. The number of benzene rings is 2. The van der Waals surface area contributed by atoms with E-state index in [1.54, 1.807) is 43.3 Å². The fourth-order valence-electron chi connectivity index (χ4n) is 3.02. The fourth-order valence-corrected chi connectivity index (χ4v) is 4.12. The van der Waals surface area contributed by atoms with Gasteiger partial charge in [-0.25, -0.2) is 17.5 Å². The number of imide groups is 1. The van der Waals surface area contributed by atoms with Crippen LogP contribution in [-0.2, 0) is 26.9 Å². The summed E-state index contributed by atoms with van der Waals surface area (Å²) >= 11 is 5.90. The third kappa shape index (κ3) is 3.50. The Kier molecular flexibility index (Phi) is 5.22. The molecule has 1 aliphatic heterocycles. The van der Waals surface area contributed by atoms with Crippen LogP contribution in [0.3, 0.4) is 0 Å². The number of sulfonamides is 1. The Labute approximate surface area is 168 Å². The normalized spacial score (nSPS) is 20.0. The van der Waals surface area contributed by atoms with Crippen molar-refractivity contribution < 1.29 is 18.0 Å². The summed E-state index contributed by atoms with van der Waals surface area (Å²) in [5.41, 5.74) is -0.0666. The van der Waals surface area contributed by atoms with Gasteiger partial charge in [0.25, 0.3) is 5.91 Å². The highest BCUT2D eigenvalue weighted by molar-refractivity contribution is 7.89. The van der Waals surface area contributed by atoms with Gasteiger partial charge in [0.1, 0.15) is 5.54 Å². The first-order valence-electron chi connectivity index (χ1n) is 8.47. The molecule has 0 aromatic heterocycles. The van der Waals surface area contributed by atoms with Gasteiger partial charge >= 0.3 is 6.03 Å². The highest BCUT2D eigenvalue weighted by atomic mass is 35.5. The molecule has 7 nitrogen and oxygen atoms in total. The van der Waals surface area contributed by atoms with E-state index in [0.29, 0.717) is 16.1 Å². The third-order valence-corrected chi connectivity index (χ3v) is 6.78. The molecule has 3 rings (SSSR count). The van der Waals surface area contributed by atoms with Crippen LogP contribution in [0.2, 0.25) is 5.02 Å². The van der Waals surface area contributed by atoms with Crippen LogP contribution in [0.5, 0.6) is 0 Å². The van der Waals surface area contributed by atoms with Crippen molar-refractivity contribution in [1.82, 2.24) is 14.5 Å². The topological polar surface area (TPSA) is 86.8 Å². The Bertz CT molecular complexity index is 1040. The van der Waals surface area contributed by atoms with Gasteiger partial charge in [-0.1, -0.05) is 35.9 Å². The lowest BCUT2D eigenvalue weighted by molar-refractivity contribution is -0.131. The minimum atomic E-state index is -3.61. The summed E-state index contributed by atoms with van der Waals surface area (Å²) in [5.74, 6) is -0.416. The SMILES string of the molecule is CN(C)S(=O)(=O)c1cccc(CN2C(=O)N[C@@](C)(c3ccc(Cl)cc3)C2=O)c1. The third-order valence-electron chi connectivity index (χ3n) is 4.71. The maximum Gasteiger partial charge on any atom is 0.325 e. The molecule has 0 aliphatic carbocycles. The molecule has 1 heterocycles. The van der Waals surface area contributed by atoms with Gasteiger partial charge in [-0.15, -0.1) is 0 Å². The van der Waals surface area contributed by atoms with Crippen LogP contribution >= 0.6 is 11.6 Å². The van der Waals surface area contributed by atoms with E-state index in [1.165, 1.54) is 26.2 Å². The molecule has 1 N–H and O–H groups in total. The first-order chi connectivity index (χ1) is 13.1. The van der Waals surface area contributed by atoms with E-state index in [4.69, 9.17) is 11.6 Å². The van der Waals surface area contributed by atoms with Crippen molar-refractivity contribution in [2.45, 2.75) is 23.9 Å². The van der Waals surface area contributed by atoms with E-state index >= 15 is 0 Å². The summed E-state index contributed by atoms with van der Waals surface area (Å²) in [6.07, 6.45) is 0. The van der Waals surface area contributed by atoms with Crippen LogP contribution in [0.1, 0.15) is 18.1 Å². The minimum absolute atomic E-state index is 0.0371. The number of carbonyl (C=O) groups is 2. The van der Waals surface area contributed by atoms with Crippen molar-refractivity contribution >= 4 is 33.6 Å². The lowest BCUT2D eigenvalue weighted by Gasteiger charge is -2.22. The maximum atomic E-state index is 13.0. The second-order valence-corrected chi connectivity index (χ2v) is 9.48. The Hall–Kier alpha value is -2.42. The number of nitrogens with zero attached hydrogens (tertiary/aromatic N) is 2. The van der Waals surface area contributed by atoms with E-state index < -0.39 is 27.5 Å². The Balaban J connectivity index is 1.89. The second-order valence-electron chi connectivity index (χ2n) is 6.89. The zero-order valence-corrected chi connectivity index (χ0v) is 17.2. The van der Waals surface area contributed by atoms with Crippen LogP contribution in [0.15, 0.2) is 53.4 Å². The molecule has 2 aromatic carbocycles. The quantitative estimate of drug-likeness (QED) is 0.751. The van der Waals surface area contributed by atoms with Gasteiger partial charge in [0.15, 0.2) is 0 Å². The number of nitrogens with one attached hydrogen (secondary N) is 1. The van der Waals surface area contributed by atoms with Gasteiger partial charge in [0, 0.05) is 19.1 Å². The molecular weight excluding hydrogens is 402 g/mol. The fraction of sp³-hybridized carbons (Fsp3) is 0.263. The molecule has 0 unspecified atom stereocenters. The maximum absolute atomic E-state index is 13.0. The standard InChI is InChI=1S/C19H20ClN3O4S/c1-19(14-7-9-15(20)10-8-14)17(24)23(18(25)21-19)12-13-5-4-6-16(11-13)28(26,27)22(2)3/h4-11H,12H2,1-3H3,(H,21,25)/t19-/m0/s1. The van der Waals surface area contributed by atoms with E-state index in [-0.39, 0.29) is 11.4 Å². The molecule has 1 saturated heterocycles. The zero-order valence-electron chi connectivity index (χ0n) is 15.6. The first kappa shape index (κ1) is 20.3. The monoisotopic (exact) mass is 421 g/mol. The number of amides is 3. The molecule has 1 atom stereocenters. The number of urea groups is 1. The number of hydrogen-bond donors (Lipinski definition) is 1.